The maximum atomic E-state index is 12.3. The summed E-state index contributed by atoms with van der Waals surface area (Å²) in [7, 11) is -2.40. The molecule has 0 aromatic carbocycles. The molecule has 0 heterocycles. The van der Waals surface area contributed by atoms with E-state index in [0.717, 1.165) is 45.1 Å². The van der Waals surface area contributed by atoms with Crippen LogP contribution < -0.4 is 0 Å². The second-order valence-corrected chi connectivity index (χ2v) is 11.2. The molecule has 0 aromatic heterocycles. The average Bonchev–Trinajstić information content (AvgIpc) is 2.85. The molecule has 0 aliphatic carbocycles. The highest BCUT2D eigenvalue weighted by Gasteiger charge is 2.26. The molecule has 0 saturated heterocycles. The minimum Gasteiger partial charge on any atom is -0.462 e. The van der Waals surface area contributed by atoms with Crippen molar-refractivity contribution >= 4 is 19.8 Å². The smallest absolute Gasteiger partial charge is 0.462 e. The molecule has 0 aromatic rings. The molecule has 0 radical (unpaired) electrons. The van der Waals surface area contributed by atoms with E-state index in [9.17, 15) is 19.0 Å². The maximum Gasteiger partial charge on any atom is 0.472 e. The van der Waals surface area contributed by atoms with Gasteiger partial charge in [-0.1, -0.05) is 85.0 Å². The number of rotatable bonds is 26. The van der Waals surface area contributed by atoms with Crippen LogP contribution in [0.2, 0.25) is 0 Å². The predicted molar refractivity (Wildman–Crippen MR) is 146 cm³/mol. The highest BCUT2D eigenvalue weighted by molar-refractivity contribution is 7.47. The number of unbranched alkanes of at least 4 members (excludes halogenated alkanes) is 10. The summed E-state index contributed by atoms with van der Waals surface area (Å²) >= 11 is 0. The van der Waals surface area contributed by atoms with E-state index < -0.39 is 32.5 Å². The van der Waals surface area contributed by atoms with Crippen LogP contribution in [-0.2, 0) is 32.7 Å². The van der Waals surface area contributed by atoms with Crippen LogP contribution in [0.15, 0.2) is 0 Å². The van der Waals surface area contributed by atoms with Gasteiger partial charge >= 0.3 is 19.8 Å². The Morgan fingerprint density at radius 1 is 0.730 bits per heavy atom. The second kappa shape index (κ2) is 24.1. The number of likely N-dealkylation sites (N-methyl/N-ethyl adjacent to an activating group) is 1. The molecule has 0 rings (SSSR count). The summed E-state index contributed by atoms with van der Waals surface area (Å²) in [4.78, 5) is 36.2. The number of nitrogens with zero attached hydrogens (tertiary/aromatic N) is 1. The lowest BCUT2D eigenvalue weighted by atomic mass is 10.1. The summed E-state index contributed by atoms with van der Waals surface area (Å²) < 4.78 is 33.1. The van der Waals surface area contributed by atoms with Gasteiger partial charge in [-0.3, -0.25) is 18.6 Å². The first kappa shape index (κ1) is 36.0. The average molecular weight is 552 g/mol. The first-order chi connectivity index (χ1) is 17.7. The molecular formula is C27H54NO8P. The van der Waals surface area contributed by atoms with Gasteiger partial charge in [0.15, 0.2) is 6.10 Å². The molecule has 0 aliphatic rings. The molecule has 37 heavy (non-hydrogen) atoms. The van der Waals surface area contributed by atoms with Crippen molar-refractivity contribution < 1.29 is 37.6 Å². The zero-order valence-corrected chi connectivity index (χ0v) is 24.8. The van der Waals surface area contributed by atoms with Crippen molar-refractivity contribution in [3.8, 4) is 0 Å². The van der Waals surface area contributed by atoms with Crippen LogP contribution >= 0.6 is 7.82 Å². The van der Waals surface area contributed by atoms with Gasteiger partial charge in [-0.2, -0.15) is 0 Å². The molecular weight excluding hydrogens is 497 g/mol. The zero-order valence-electron chi connectivity index (χ0n) is 23.9. The first-order valence-corrected chi connectivity index (χ1v) is 15.9. The van der Waals surface area contributed by atoms with Gasteiger partial charge in [0.05, 0.1) is 13.2 Å². The molecule has 9 nitrogen and oxygen atoms in total. The van der Waals surface area contributed by atoms with E-state index in [1.165, 1.54) is 38.5 Å². The Bertz CT molecular complexity index is 619. The van der Waals surface area contributed by atoms with Gasteiger partial charge in [0, 0.05) is 19.4 Å². The maximum absolute atomic E-state index is 12.3. The summed E-state index contributed by atoms with van der Waals surface area (Å²) in [5, 5.41) is 0. The quantitative estimate of drug-likeness (QED) is 0.0739. The second-order valence-electron chi connectivity index (χ2n) is 9.73. The van der Waals surface area contributed by atoms with Crippen LogP contribution in [0.25, 0.3) is 0 Å². The van der Waals surface area contributed by atoms with Gasteiger partial charge < -0.3 is 19.3 Å². The van der Waals surface area contributed by atoms with Gasteiger partial charge in [-0.05, 0) is 32.9 Å². The fourth-order valence-electron chi connectivity index (χ4n) is 3.63. The summed E-state index contributed by atoms with van der Waals surface area (Å²) in [6.07, 6.45) is 13.3. The number of hydrogen-bond acceptors (Lipinski definition) is 8. The van der Waals surface area contributed by atoms with E-state index in [1.54, 1.807) is 0 Å². The molecule has 0 bridgehead atoms. The van der Waals surface area contributed by atoms with E-state index in [-0.39, 0.29) is 26.1 Å². The molecule has 220 valence electrons. The third-order valence-electron chi connectivity index (χ3n) is 5.99. The van der Waals surface area contributed by atoms with E-state index in [4.69, 9.17) is 18.5 Å². The van der Waals surface area contributed by atoms with Crippen LogP contribution in [-0.4, -0.2) is 67.8 Å². The van der Waals surface area contributed by atoms with Crippen molar-refractivity contribution in [1.29, 1.82) is 0 Å². The minimum atomic E-state index is -4.35. The number of ether oxygens (including phenoxy) is 2. The molecule has 0 saturated carbocycles. The van der Waals surface area contributed by atoms with Crippen LogP contribution in [0.1, 0.15) is 117 Å². The number of hydrogen-bond donors (Lipinski definition) is 1. The number of esters is 2. The fraction of sp³-hybridized carbons (Fsp3) is 0.926. The Balaban J connectivity index is 4.42. The van der Waals surface area contributed by atoms with Crippen molar-refractivity contribution in [2.45, 2.75) is 123 Å². The SMILES string of the molecule is CCCCCCCCCN(C)CCOP(=O)(O)OCC(COC(=O)CCCCC)OC(=O)CCCCC. The molecule has 0 aliphatic heterocycles. The third-order valence-corrected chi connectivity index (χ3v) is 6.98. The summed E-state index contributed by atoms with van der Waals surface area (Å²) in [6.45, 7) is 7.09. The molecule has 2 unspecified atom stereocenters. The van der Waals surface area contributed by atoms with Gasteiger partial charge in [-0.25, -0.2) is 4.57 Å². The zero-order chi connectivity index (χ0) is 27.8. The highest BCUT2D eigenvalue weighted by atomic mass is 31.2. The lowest BCUT2D eigenvalue weighted by molar-refractivity contribution is -0.161. The van der Waals surface area contributed by atoms with Gasteiger partial charge in [0.2, 0.25) is 0 Å². The van der Waals surface area contributed by atoms with Crippen LogP contribution in [0, 0.1) is 0 Å². The Kier molecular flexibility index (Phi) is 23.4. The monoisotopic (exact) mass is 551 g/mol. The van der Waals surface area contributed by atoms with Crippen molar-refractivity contribution in [2.24, 2.45) is 0 Å². The van der Waals surface area contributed by atoms with Crippen molar-refractivity contribution in [3.05, 3.63) is 0 Å². The molecule has 1 N–H and O–H groups in total. The van der Waals surface area contributed by atoms with Crippen molar-refractivity contribution in [1.82, 2.24) is 4.90 Å². The van der Waals surface area contributed by atoms with E-state index in [0.29, 0.717) is 13.0 Å². The van der Waals surface area contributed by atoms with Crippen LogP contribution in [0.4, 0.5) is 0 Å². The standard InChI is InChI=1S/C27H54NO8P/c1-5-8-11-12-13-14-17-20-28(4)21-22-34-37(31,32)35-24-25(36-27(30)19-16-10-7-3)23-33-26(29)18-15-9-6-2/h25H,5-24H2,1-4H3,(H,31,32). The van der Waals surface area contributed by atoms with Crippen molar-refractivity contribution in [3.63, 3.8) is 0 Å². The number of phosphoric ester groups is 1. The minimum absolute atomic E-state index is 0.0364. The Hall–Kier alpha value is -0.990. The molecule has 2 atom stereocenters. The largest absolute Gasteiger partial charge is 0.472 e. The Morgan fingerprint density at radius 3 is 1.89 bits per heavy atom. The lowest BCUT2D eigenvalue weighted by Crippen LogP contribution is -2.29. The lowest BCUT2D eigenvalue weighted by Gasteiger charge is -2.21. The first-order valence-electron chi connectivity index (χ1n) is 14.4. The van der Waals surface area contributed by atoms with E-state index in [2.05, 4.69) is 11.8 Å². The van der Waals surface area contributed by atoms with Crippen LogP contribution in [0.5, 0.6) is 0 Å². The molecule has 0 spiro atoms. The molecule has 0 amide bonds. The fourth-order valence-corrected chi connectivity index (χ4v) is 4.38. The Morgan fingerprint density at radius 2 is 1.27 bits per heavy atom. The summed E-state index contributed by atoms with van der Waals surface area (Å²) in [5.41, 5.74) is 0. The van der Waals surface area contributed by atoms with Crippen LogP contribution in [0.3, 0.4) is 0 Å². The molecule has 0 fully saturated rings. The number of carbonyl (C=O) groups is 2. The van der Waals surface area contributed by atoms with Crippen molar-refractivity contribution in [2.75, 3.05) is 40.0 Å². The molecule has 10 heteroatoms. The van der Waals surface area contributed by atoms with Gasteiger partial charge in [-0.15, -0.1) is 0 Å². The predicted octanol–water partition coefficient (Wildman–Crippen LogP) is 6.42. The summed E-state index contributed by atoms with van der Waals surface area (Å²) in [6, 6.07) is 0. The number of carbonyl (C=O) groups excluding carboxylic acids is 2. The highest BCUT2D eigenvalue weighted by Crippen LogP contribution is 2.43. The number of phosphoric acid groups is 1. The Labute approximate surface area is 225 Å². The van der Waals surface area contributed by atoms with Gasteiger partial charge in [0.25, 0.3) is 0 Å². The van der Waals surface area contributed by atoms with Gasteiger partial charge in [0.1, 0.15) is 6.61 Å². The third kappa shape index (κ3) is 23.8. The van der Waals surface area contributed by atoms with E-state index in [1.807, 2.05) is 20.9 Å². The summed E-state index contributed by atoms with van der Waals surface area (Å²) in [5.74, 6) is -0.849. The van der Waals surface area contributed by atoms with E-state index >= 15 is 0 Å². The topological polar surface area (TPSA) is 112 Å². The normalized spacial score (nSPS) is 13.9.